The number of hydrogen-bond acceptors (Lipinski definition) is 4. The summed E-state index contributed by atoms with van der Waals surface area (Å²) in [7, 11) is 0. The van der Waals surface area contributed by atoms with Gasteiger partial charge >= 0.3 is 5.97 Å². The molecule has 0 aromatic heterocycles. The number of fused-ring (bicyclic) bond motifs is 1. The third-order valence-electron chi connectivity index (χ3n) is 2.99. The van der Waals surface area contributed by atoms with Crippen molar-refractivity contribution in [3.05, 3.63) is 24.3 Å². The van der Waals surface area contributed by atoms with E-state index in [0.717, 1.165) is 12.2 Å². The van der Waals surface area contributed by atoms with Gasteiger partial charge in [0.15, 0.2) is 17.6 Å². The molecule has 1 aromatic carbocycles. The van der Waals surface area contributed by atoms with E-state index in [0.29, 0.717) is 12.4 Å². The molecule has 0 aliphatic carbocycles. The fraction of sp³-hybridized carbons (Fsp3) is 0.500. The van der Waals surface area contributed by atoms with Crippen molar-refractivity contribution in [1.29, 1.82) is 0 Å². The summed E-state index contributed by atoms with van der Waals surface area (Å²) in [5.74, 6) is 1.19. The van der Waals surface area contributed by atoms with Gasteiger partial charge in [-0.15, -0.1) is 0 Å². The molecule has 0 saturated heterocycles. The fourth-order valence-corrected chi connectivity index (χ4v) is 1.63. The van der Waals surface area contributed by atoms with Crippen LogP contribution in [0.25, 0.3) is 0 Å². The lowest BCUT2D eigenvalue weighted by Gasteiger charge is -2.26. The van der Waals surface area contributed by atoms with Gasteiger partial charge in [-0.05, 0) is 18.6 Å². The van der Waals surface area contributed by atoms with Gasteiger partial charge < -0.3 is 14.2 Å². The summed E-state index contributed by atoms with van der Waals surface area (Å²) >= 11 is 0. The number of para-hydroxylation sites is 2. The monoisotopic (exact) mass is 250 g/mol. The standard InChI is InChI=1S/C14H18O4/c1-3-10(2)14(15)17-9-11-8-16-12-6-4-5-7-13(12)18-11/h4-7,10-11H,3,8-9H2,1-2H3. The van der Waals surface area contributed by atoms with Gasteiger partial charge in [0.2, 0.25) is 0 Å². The van der Waals surface area contributed by atoms with Crippen LogP contribution in [0.4, 0.5) is 0 Å². The molecule has 1 aliphatic rings. The van der Waals surface area contributed by atoms with Gasteiger partial charge in [-0.2, -0.15) is 0 Å². The fourth-order valence-electron chi connectivity index (χ4n) is 1.63. The molecule has 1 heterocycles. The van der Waals surface area contributed by atoms with Gasteiger partial charge in [-0.25, -0.2) is 0 Å². The number of benzene rings is 1. The minimum atomic E-state index is -0.229. The highest BCUT2D eigenvalue weighted by atomic mass is 16.6. The number of rotatable bonds is 4. The third-order valence-corrected chi connectivity index (χ3v) is 2.99. The molecular formula is C14H18O4. The number of hydrogen-bond donors (Lipinski definition) is 0. The van der Waals surface area contributed by atoms with Crippen molar-refractivity contribution in [1.82, 2.24) is 0 Å². The molecule has 1 aromatic rings. The van der Waals surface area contributed by atoms with Crippen LogP contribution in [-0.4, -0.2) is 25.3 Å². The number of carbonyl (C=O) groups excluding carboxylic acids is 1. The molecule has 0 bridgehead atoms. The van der Waals surface area contributed by atoms with Crippen molar-refractivity contribution >= 4 is 5.97 Å². The van der Waals surface area contributed by atoms with Gasteiger partial charge in [0, 0.05) is 0 Å². The molecule has 2 unspecified atom stereocenters. The Labute approximate surface area is 107 Å². The topological polar surface area (TPSA) is 44.8 Å². The van der Waals surface area contributed by atoms with Gasteiger partial charge in [0.1, 0.15) is 13.2 Å². The van der Waals surface area contributed by atoms with Crippen LogP contribution in [0.15, 0.2) is 24.3 Å². The summed E-state index contributed by atoms with van der Waals surface area (Å²) < 4.78 is 16.4. The first-order chi connectivity index (χ1) is 8.70. The van der Waals surface area contributed by atoms with Crippen molar-refractivity contribution in [3.8, 4) is 11.5 Å². The largest absolute Gasteiger partial charge is 0.486 e. The van der Waals surface area contributed by atoms with E-state index < -0.39 is 0 Å². The Kier molecular flexibility index (Phi) is 4.07. The summed E-state index contributed by atoms with van der Waals surface area (Å²) in [6.07, 6.45) is 0.553. The average molecular weight is 250 g/mol. The van der Waals surface area contributed by atoms with E-state index in [1.807, 2.05) is 38.1 Å². The zero-order chi connectivity index (χ0) is 13.0. The first kappa shape index (κ1) is 12.7. The number of ether oxygens (including phenoxy) is 3. The molecule has 98 valence electrons. The molecule has 0 N–H and O–H groups in total. The van der Waals surface area contributed by atoms with E-state index in [9.17, 15) is 4.79 Å². The highest BCUT2D eigenvalue weighted by Crippen LogP contribution is 2.30. The Morgan fingerprint density at radius 2 is 2.17 bits per heavy atom. The van der Waals surface area contributed by atoms with Crippen molar-refractivity contribution in [2.45, 2.75) is 26.4 Å². The molecular weight excluding hydrogens is 232 g/mol. The predicted octanol–water partition coefficient (Wildman–Crippen LogP) is 2.42. The summed E-state index contributed by atoms with van der Waals surface area (Å²) in [4.78, 5) is 11.5. The van der Waals surface area contributed by atoms with Crippen LogP contribution in [0, 0.1) is 5.92 Å². The zero-order valence-electron chi connectivity index (χ0n) is 10.7. The third kappa shape index (κ3) is 2.94. The highest BCUT2D eigenvalue weighted by Gasteiger charge is 2.22. The molecule has 0 amide bonds. The van der Waals surface area contributed by atoms with E-state index >= 15 is 0 Å². The van der Waals surface area contributed by atoms with Gasteiger partial charge in [0.05, 0.1) is 5.92 Å². The molecule has 0 fully saturated rings. The quantitative estimate of drug-likeness (QED) is 0.770. The predicted molar refractivity (Wildman–Crippen MR) is 66.8 cm³/mol. The Bertz CT molecular complexity index is 416. The van der Waals surface area contributed by atoms with E-state index in [-0.39, 0.29) is 24.6 Å². The second kappa shape index (κ2) is 5.76. The Hall–Kier alpha value is -1.71. The maximum Gasteiger partial charge on any atom is 0.308 e. The molecule has 2 rings (SSSR count). The number of esters is 1. The molecule has 0 radical (unpaired) electrons. The maximum atomic E-state index is 11.5. The lowest BCUT2D eigenvalue weighted by Crippen LogP contribution is -2.34. The van der Waals surface area contributed by atoms with E-state index in [2.05, 4.69) is 0 Å². The van der Waals surface area contributed by atoms with Crippen LogP contribution in [0.5, 0.6) is 11.5 Å². The van der Waals surface area contributed by atoms with Crippen LogP contribution in [-0.2, 0) is 9.53 Å². The van der Waals surface area contributed by atoms with E-state index in [4.69, 9.17) is 14.2 Å². The summed E-state index contributed by atoms with van der Waals surface area (Å²) in [6.45, 7) is 4.46. The molecule has 18 heavy (non-hydrogen) atoms. The Morgan fingerprint density at radius 3 is 2.89 bits per heavy atom. The minimum Gasteiger partial charge on any atom is -0.486 e. The van der Waals surface area contributed by atoms with Crippen LogP contribution >= 0.6 is 0 Å². The normalized spacial score (nSPS) is 19.1. The highest BCUT2D eigenvalue weighted by molar-refractivity contribution is 5.71. The SMILES string of the molecule is CCC(C)C(=O)OCC1COc2ccccc2O1. The zero-order valence-corrected chi connectivity index (χ0v) is 10.7. The van der Waals surface area contributed by atoms with Crippen molar-refractivity contribution in [2.75, 3.05) is 13.2 Å². The number of carbonyl (C=O) groups is 1. The first-order valence-corrected chi connectivity index (χ1v) is 6.25. The first-order valence-electron chi connectivity index (χ1n) is 6.25. The van der Waals surface area contributed by atoms with Crippen molar-refractivity contribution in [3.63, 3.8) is 0 Å². The van der Waals surface area contributed by atoms with Crippen LogP contribution in [0.2, 0.25) is 0 Å². The molecule has 0 spiro atoms. The van der Waals surface area contributed by atoms with E-state index in [1.165, 1.54) is 0 Å². The molecule has 1 aliphatic heterocycles. The Balaban J connectivity index is 1.85. The van der Waals surface area contributed by atoms with E-state index in [1.54, 1.807) is 0 Å². The summed E-state index contributed by atoms with van der Waals surface area (Å²) in [6, 6.07) is 7.48. The summed E-state index contributed by atoms with van der Waals surface area (Å²) in [5, 5.41) is 0. The molecule has 4 nitrogen and oxygen atoms in total. The van der Waals surface area contributed by atoms with Crippen LogP contribution < -0.4 is 9.47 Å². The van der Waals surface area contributed by atoms with Gasteiger partial charge in [-0.3, -0.25) is 4.79 Å². The van der Waals surface area contributed by atoms with Gasteiger partial charge in [-0.1, -0.05) is 26.0 Å². The van der Waals surface area contributed by atoms with Crippen LogP contribution in [0.3, 0.4) is 0 Å². The maximum absolute atomic E-state index is 11.5. The molecule has 4 heteroatoms. The summed E-state index contributed by atoms with van der Waals surface area (Å²) in [5.41, 5.74) is 0. The second-order valence-corrected chi connectivity index (χ2v) is 4.44. The Morgan fingerprint density at radius 1 is 1.44 bits per heavy atom. The van der Waals surface area contributed by atoms with Crippen molar-refractivity contribution < 1.29 is 19.0 Å². The lowest BCUT2D eigenvalue weighted by atomic mass is 10.1. The average Bonchev–Trinajstić information content (AvgIpc) is 2.43. The second-order valence-electron chi connectivity index (χ2n) is 4.44. The molecule has 0 saturated carbocycles. The van der Waals surface area contributed by atoms with Crippen molar-refractivity contribution in [2.24, 2.45) is 5.92 Å². The lowest BCUT2D eigenvalue weighted by molar-refractivity contribution is -0.151. The molecule has 2 atom stereocenters. The van der Waals surface area contributed by atoms with Crippen LogP contribution in [0.1, 0.15) is 20.3 Å². The minimum absolute atomic E-state index is 0.0678. The smallest absolute Gasteiger partial charge is 0.308 e. The van der Waals surface area contributed by atoms with Gasteiger partial charge in [0.25, 0.3) is 0 Å².